The van der Waals surface area contributed by atoms with Crippen LogP contribution in [0.25, 0.3) is 16.5 Å². The van der Waals surface area contributed by atoms with Crippen molar-refractivity contribution in [1.82, 2.24) is 10.3 Å². The van der Waals surface area contributed by atoms with E-state index in [4.69, 9.17) is 4.74 Å². The van der Waals surface area contributed by atoms with Gasteiger partial charge in [0.2, 0.25) is 5.88 Å². The Morgan fingerprint density at radius 3 is 2.69 bits per heavy atom. The van der Waals surface area contributed by atoms with Crippen LogP contribution in [0.15, 0.2) is 60.7 Å². The van der Waals surface area contributed by atoms with E-state index >= 15 is 0 Å². The third kappa shape index (κ3) is 4.37. The number of nitrogens with one attached hydrogen (secondary N) is 2. The Morgan fingerprint density at radius 1 is 1.14 bits per heavy atom. The Balaban J connectivity index is 1.41. The third-order valence-electron chi connectivity index (χ3n) is 5.11. The second-order valence-electron chi connectivity index (χ2n) is 7.04. The first-order valence-corrected chi connectivity index (χ1v) is 9.58. The maximum Gasteiger partial charge on any atom is 0.319 e. The van der Waals surface area contributed by atoms with E-state index in [1.807, 2.05) is 24.3 Å². The van der Waals surface area contributed by atoms with E-state index < -0.39 is 0 Å². The van der Waals surface area contributed by atoms with Crippen LogP contribution in [0, 0.1) is 5.82 Å². The number of carbonyl (C=O) groups excluding carboxylic acids is 1. The van der Waals surface area contributed by atoms with E-state index in [0.29, 0.717) is 17.1 Å². The molecule has 4 rings (SSSR count). The number of ether oxygens (including phenoxy) is 1. The Morgan fingerprint density at radius 2 is 1.97 bits per heavy atom. The first-order chi connectivity index (χ1) is 14.1. The Bertz CT molecular complexity index is 1060. The number of aromatic nitrogens is 1. The van der Waals surface area contributed by atoms with Gasteiger partial charge < -0.3 is 15.4 Å². The van der Waals surface area contributed by atoms with Crippen molar-refractivity contribution in [3.8, 4) is 5.88 Å². The van der Waals surface area contributed by atoms with Crippen molar-refractivity contribution in [2.75, 3.05) is 12.4 Å². The zero-order chi connectivity index (χ0) is 20.2. The summed E-state index contributed by atoms with van der Waals surface area (Å²) in [5, 5.41) is 6.85. The predicted octanol–water partition coefficient (Wildman–Crippen LogP) is 5.14. The molecule has 5 nitrogen and oxygen atoms in total. The van der Waals surface area contributed by atoms with Gasteiger partial charge in [0.15, 0.2) is 0 Å². The molecule has 1 aromatic heterocycles. The maximum atomic E-state index is 13.1. The molecule has 2 N–H and O–H groups in total. The number of methoxy groups -OCH3 is 1. The number of hydrogen-bond acceptors (Lipinski definition) is 3. The highest BCUT2D eigenvalue weighted by Gasteiger charge is 2.18. The fourth-order valence-electron chi connectivity index (χ4n) is 3.58. The molecule has 1 heterocycles. The number of allylic oxidation sites excluding steroid dienone is 1. The lowest BCUT2D eigenvalue weighted by molar-refractivity contribution is 0.247. The molecule has 1 unspecified atom stereocenters. The van der Waals surface area contributed by atoms with E-state index in [1.165, 1.54) is 17.7 Å². The van der Waals surface area contributed by atoms with E-state index in [1.54, 1.807) is 25.3 Å². The number of fused-ring (bicyclic) bond motifs is 1. The summed E-state index contributed by atoms with van der Waals surface area (Å²) in [6.07, 6.45) is 4.52. The molecule has 0 radical (unpaired) electrons. The van der Waals surface area contributed by atoms with Crippen LogP contribution in [0.5, 0.6) is 5.88 Å². The first-order valence-electron chi connectivity index (χ1n) is 9.58. The molecule has 1 atom stereocenters. The van der Waals surface area contributed by atoms with Gasteiger partial charge in [0.1, 0.15) is 5.82 Å². The van der Waals surface area contributed by atoms with Gasteiger partial charge >= 0.3 is 6.03 Å². The number of carbonyl (C=O) groups is 1. The monoisotopic (exact) mass is 391 g/mol. The lowest BCUT2D eigenvalue weighted by Crippen LogP contribution is -2.38. The molecule has 1 aliphatic carbocycles. The number of halogens is 1. The standard InChI is InChI=1S/C23H22FN3O2/c1-29-21-14-9-17-3-2-4-20(22(17)27-21)26-23(28)25-19-12-7-16(8-13-19)15-5-10-18(24)11-6-15/h2-7,9-11,14,19H,8,12-13H2,1H3,(H2,25,26,28). The van der Waals surface area contributed by atoms with Gasteiger partial charge in [0, 0.05) is 17.5 Å². The second kappa shape index (κ2) is 8.31. The number of nitrogens with zero attached hydrogens (tertiary/aromatic N) is 1. The number of rotatable bonds is 4. The third-order valence-corrected chi connectivity index (χ3v) is 5.11. The van der Waals surface area contributed by atoms with Crippen molar-refractivity contribution >= 4 is 28.2 Å². The number of anilines is 1. The summed E-state index contributed by atoms with van der Waals surface area (Å²) >= 11 is 0. The van der Waals surface area contributed by atoms with Gasteiger partial charge in [-0.3, -0.25) is 0 Å². The molecule has 1 aliphatic rings. The Hall–Kier alpha value is -3.41. The molecule has 0 fully saturated rings. The average Bonchev–Trinajstić information content (AvgIpc) is 2.75. The minimum absolute atomic E-state index is 0.0525. The van der Waals surface area contributed by atoms with E-state index in [2.05, 4.69) is 21.7 Å². The normalized spacial score (nSPS) is 16.2. The molecule has 0 saturated heterocycles. The lowest BCUT2D eigenvalue weighted by atomic mass is 9.91. The van der Waals surface area contributed by atoms with Crippen LogP contribution in [0.2, 0.25) is 0 Å². The van der Waals surface area contributed by atoms with Gasteiger partial charge in [0.05, 0.1) is 18.3 Å². The average molecular weight is 391 g/mol. The molecule has 148 valence electrons. The van der Waals surface area contributed by atoms with Crippen molar-refractivity contribution in [3.05, 3.63) is 72.1 Å². The molecule has 29 heavy (non-hydrogen) atoms. The van der Waals surface area contributed by atoms with Gasteiger partial charge in [-0.25, -0.2) is 14.2 Å². The van der Waals surface area contributed by atoms with Crippen LogP contribution in [0.1, 0.15) is 24.8 Å². The molecular formula is C23H22FN3O2. The minimum atomic E-state index is -0.259. The number of para-hydroxylation sites is 1. The van der Waals surface area contributed by atoms with Gasteiger partial charge in [-0.1, -0.05) is 30.3 Å². The van der Waals surface area contributed by atoms with Crippen LogP contribution in [-0.4, -0.2) is 24.2 Å². The first kappa shape index (κ1) is 18.9. The lowest BCUT2D eigenvalue weighted by Gasteiger charge is -2.23. The van der Waals surface area contributed by atoms with Crippen molar-refractivity contribution in [2.45, 2.75) is 25.3 Å². The number of urea groups is 1. The predicted molar refractivity (Wildman–Crippen MR) is 112 cm³/mol. The Labute approximate surface area is 168 Å². The topological polar surface area (TPSA) is 63.2 Å². The molecule has 0 bridgehead atoms. The van der Waals surface area contributed by atoms with Crippen molar-refractivity contribution in [2.24, 2.45) is 0 Å². The molecule has 0 aliphatic heterocycles. The molecule has 6 heteroatoms. The highest BCUT2D eigenvalue weighted by atomic mass is 19.1. The summed E-state index contributed by atoms with van der Waals surface area (Å²) in [7, 11) is 1.56. The van der Waals surface area contributed by atoms with Crippen LogP contribution in [0.3, 0.4) is 0 Å². The zero-order valence-electron chi connectivity index (χ0n) is 16.1. The summed E-state index contributed by atoms with van der Waals surface area (Å²) in [6, 6.07) is 15.7. The number of hydrogen-bond donors (Lipinski definition) is 2. The minimum Gasteiger partial charge on any atom is -0.481 e. The van der Waals surface area contributed by atoms with Crippen LogP contribution in [0.4, 0.5) is 14.9 Å². The molecule has 2 aromatic carbocycles. The van der Waals surface area contributed by atoms with Crippen LogP contribution >= 0.6 is 0 Å². The smallest absolute Gasteiger partial charge is 0.319 e. The SMILES string of the molecule is COc1ccc2cccc(NC(=O)NC3CC=C(c4ccc(F)cc4)CC3)c2n1. The highest BCUT2D eigenvalue weighted by molar-refractivity contribution is 5.99. The fraction of sp³-hybridized carbons (Fsp3) is 0.217. The largest absolute Gasteiger partial charge is 0.481 e. The van der Waals surface area contributed by atoms with Crippen molar-refractivity contribution in [1.29, 1.82) is 0 Å². The summed E-state index contributed by atoms with van der Waals surface area (Å²) in [5.74, 6) is 0.264. The molecule has 2 amide bonds. The summed E-state index contributed by atoms with van der Waals surface area (Å²) in [5.41, 5.74) is 3.54. The van der Waals surface area contributed by atoms with E-state index in [9.17, 15) is 9.18 Å². The summed E-state index contributed by atoms with van der Waals surface area (Å²) in [4.78, 5) is 17.0. The van der Waals surface area contributed by atoms with E-state index in [-0.39, 0.29) is 17.9 Å². The van der Waals surface area contributed by atoms with Gasteiger partial charge in [0.25, 0.3) is 0 Å². The molecular weight excluding hydrogens is 369 g/mol. The maximum absolute atomic E-state index is 13.1. The van der Waals surface area contributed by atoms with Crippen LogP contribution < -0.4 is 15.4 Å². The molecule has 0 saturated carbocycles. The van der Waals surface area contributed by atoms with Crippen molar-refractivity contribution < 1.29 is 13.9 Å². The molecule has 0 spiro atoms. The van der Waals surface area contributed by atoms with Crippen LogP contribution in [-0.2, 0) is 0 Å². The quantitative estimate of drug-likeness (QED) is 0.647. The van der Waals surface area contributed by atoms with Crippen molar-refractivity contribution in [3.63, 3.8) is 0 Å². The second-order valence-corrected chi connectivity index (χ2v) is 7.04. The highest BCUT2D eigenvalue weighted by Crippen LogP contribution is 2.28. The number of benzene rings is 2. The fourth-order valence-corrected chi connectivity index (χ4v) is 3.58. The summed E-state index contributed by atoms with van der Waals surface area (Å²) < 4.78 is 18.3. The number of pyridine rings is 1. The van der Waals surface area contributed by atoms with Gasteiger partial charge in [-0.05, 0) is 54.7 Å². The zero-order valence-corrected chi connectivity index (χ0v) is 16.1. The molecule has 3 aromatic rings. The number of amides is 2. The van der Waals surface area contributed by atoms with E-state index in [0.717, 1.165) is 30.2 Å². The summed E-state index contributed by atoms with van der Waals surface area (Å²) in [6.45, 7) is 0. The van der Waals surface area contributed by atoms with Gasteiger partial charge in [-0.2, -0.15) is 0 Å². The van der Waals surface area contributed by atoms with Gasteiger partial charge in [-0.15, -0.1) is 0 Å². The Kier molecular flexibility index (Phi) is 5.42.